The van der Waals surface area contributed by atoms with E-state index in [1.807, 2.05) is 10.8 Å². The molecule has 5 nitrogen and oxygen atoms in total. The smallest absolute Gasteiger partial charge is 0.222 e. The highest BCUT2D eigenvalue weighted by atomic mass is 16.2. The van der Waals surface area contributed by atoms with Crippen LogP contribution in [0.5, 0.6) is 0 Å². The van der Waals surface area contributed by atoms with Gasteiger partial charge in [-0.05, 0) is 6.42 Å². The molecule has 0 radical (unpaired) electrons. The first kappa shape index (κ1) is 11.7. The summed E-state index contributed by atoms with van der Waals surface area (Å²) in [6.07, 6.45) is 5.01. The predicted molar refractivity (Wildman–Crippen MR) is 58.0 cm³/mol. The van der Waals surface area contributed by atoms with E-state index < -0.39 is 0 Å². The predicted octanol–water partition coefficient (Wildman–Crippen LogP) is 0.210. The zero-order valence-corrected chi connectivity index (χ0v) is 9.31. The first-order valence-corrected chi connectivity index (χ1v) is 5.05. The number of aryl methyl sites for hydroxylation is 1. The molecular weight excluding hydrogens is 192 g/mol. The number of imidazole rings is 1. The van der Waals surface area contributed by atoms with Crippen LogP contribution in [0.25, 0.3) is 0 Å². The van der Waals surface area contributed by atoms with Crippen LogP contribution >= 0.6 is 0 Å². The third-order valence-electron chi connectivity index (χ3n) is 2.27. The van der Waals surface area contributed by atoms with Crippen LogP contribution < -0.4 is 5.73 Å². The Labute approximate surface area is 89.9 Å². The van der Waals surface area contributed by atoms with E-state index in [2.05, 4.69) is 4.98 Å². The summed E-state index contributed by atoms with van der Waals surface area (Å²) in [6, 6.07) is 0. The maximum Gasteiger partial charge on any atom is 0.222 e. The molecule has 0 fully saturated rings. The summed E-state index contributed by atoms with van der Waals surface area (Å²) in [7, 11) is 3.54. The van der Waals surface area contributed by atoms with Crippen LogP contribution in [0.1, 0.15) is 18.7 Å². The molecule has 0 unspecified atom stereocenters. The van der Waals surface area contributed by atoms with Crippen LogP contribution in [0.4, 0.5) is 0 Å². The Morgan fingerprint density at radius 1 is 1.60 bits per heavy atom. The van der Waals surface area contributed by atoms with Crippen LogP contribution in [0.15, 0.2) is 12.4 Å². The lowest BCUT2D eigenvalue weighted by atomic mass is 10.3. The van der Waals surface area contributed by atoms with E-state index in [0.717, 1.165) is 18.8 Å². The molecule has 0 bridgehead atoms. The molecule has 1 heterocycles. The van der Waals surface area contributed by atoms with Gasteiger partial charge in [0.25, 0.3) is 0 Å². The molecule has 0 aliphatic carbocycles. The second kappa shape index (κ2) is 5.50. The molecule has 1 amide bonds. The number of amides is 1. The van der Waals surface area contributed by atoms with Crippen molar-refractivity contribution in [1.29, 1.82) is 0 Å². The Morgan fingerprint density at radius 2 is 2.33 bits per heavy atom. The lowest BCUT2D eigenvalue weighted by Gasteiger charge is -2.10. The Balaban J connectivity index is 2.35. The number of carbonyl (C=O) groups is 1. The van der Waals surface area contributed by atoms with Crippen molar-refractivity contribution < 1.29 is 4.79 Å². The molecule has 5 heteroatoms. The highest BCUT2D eigenvalue weighted by molar-refractivity contribution is 5.75. The van der Waals surface area contributed by atoms with Crippen molar-refractivity contribution in [2.45, 2.75) is 25.9 Å². The van der Waals surface area contributed by atoms with Crippen LogP contribution in [-0.4, -0.2) is 34.5 Å². The van der Waals surface area contributed by atoms with E-state index >= 15 is 0 Å². The summed E-state index contributed by atoms with van der Waals surface area (Å²) in [5, 5.41) is 0. The van der Waals surface area contributed by atoms with Crippen molar-refractivity contribution in [3.8, 4) is 0 Å². The number of carbonyl (C=O) groups excluding carboxylic acids is 1. The van der Waals surface area contributed by atoms with Gasteiger partial charge < -0.3 is 15.2 Å². The topological polar surface area (TPSA) is 64.2 Å². The average molecular weight is 210 g/mol. The summed E-state index contributed by atoms with van der Waals surface area (Å²) in [5.41, 5.74) is 5.52. The minimum Gasteiger partial charge on any atom is -0.349 e. The monoisotopic (exact) mass is 210 g/mol. The van der Waals surface area contributed by atoms with Crippen LogP contribution in [0, 0.1) is 0 Å². The maximum atomic E-state index is 11.3. The first-order valence-electron chi connectivity index (χ1n) is 5.05. The normalized spacial score (nSPS) is 10.3. The molecule has 84 valence electrons. The van der Waals surface area contributed by atoms with E-state index in [1.165, 1.54) is 0 Å². The summed E-state index contributed by atoms with van der Waals surface area (Å²) < 4.78 is 1.99. The summed E-state index contributed by atoms with van der Waals surface area (Å²) >= 11 is 0. The first-order chi connectivity index (χ1) is 7.15. The van der Waals surface area contributed by atoms with Gasteiger partial charge in [0.15, 0.2) is 0 Å². The van der Waals surface area contributed by atoms with Gasteiger partial charge in [-0.1, -0.05) is 0 Å². The molecule has 1 rings (SSSR count). The van der Waals surface area contributed by atoms with Crippen molar-refractivity contribution in [3.63, 3.8) is 0 Å². The third kappa shape index (κ3) is 3.36. The fourth-order valence-corrected chi connectivity index (χ4v) is 1.36. The van der Waals surface area contributed by atoms with E-state index in [1.54, 1.807) is 25.2 Å². The standard InChI is InChI=1S/C10H18N4O/c1-13(2)10(15)4-3-6-14-7-5-12-9(14)8-11/h5,7H,3-4,6,8,11H2,1-2H3. The second-order valence-electron chi connectivity index (χ2n) is 3.63. The summed E-state index contributed by atoms with van der Waals surface area (Å²) in [4.78, 5) is 17.0. The molecule has 15 heavy (non-hydrogen) atoms. The Bertz CT molecular complexity index is 319. The number of nitrogens with two attached hydrogens (primary N) is 1. The van der Waals surface area contributed by atoms with Crippen molar-refractivity contribution in [2.24, 2.45) is 5.73 Å². The quantitative estimate of drug-likeness (QED) is 0.755. The van der Waals surface area contributed by atoms with Gasteiger partial charge in [-0.2, -0.15) is 0 Å². The van der Waals surface area contributed by atoms with Crippen molar-refractivity contribution in [1.82, 2.24) is 14.5 Å². The lowest BCUT2D eigenvalue weighted by Crippen LogP contribution is -2.21. The molecular formula is C10H18N4O. The van der Waals surface area contributed by atoms with Gasteiger partial charge in [0.05, 0.1) is 6.54 Å². The highest BCUT2D eigenvalue weighted by Gasteiger charge is 2.04. The van der Waals surface area contributed by atoms with Crippen molar-refractivity contribution >= 4 is 5.91 Å². The number of nitrogens with zero attached hydrogens (tertiary/aromatic N) is 3. The maximum absolute atomic E-state index is 11.3. The molecule has 0 aliphatic rings. The number of hydrogen-bond acceptors (Lipinski definition) is 3. The van der Waals surface area contributed by atoms with Gasteiger partial charge in [0.2, 0.25) is 5.91 Å². The fourth-order valence-electron chi connectivity index (χ4n) is 1.36. The molecule has 0 atom stereocenters. The van der Waals surface area contributed by atoms with Gasteiger partial charge in [0.1, 0.15) is 5.82 Å². The zero-order valence-electron chi connectivity index (χ0n) is 9.31. The van der Waals surface area contributed by atoms with Gasteiger partial charge in [-0.3, -0.25) is 4.79 Å². The van der Waals surface area contributed by atoms with Crippen LogP contribution in [0.3, 0.4) is 0 Å². The highest BCUT2D eigenvalue weighted by Crippen LogP contribution is 2.01. The van der Waals surface area contributed by atoms with Gasteiger partial charge >= 0.3 is 0 Å². The fraction of sp³-hybridized carbons (Fsp3) is 0.600. The summed E-state index contributed by atoms with van der Waals surface area (Å²) in [6.45, 7) is 1.24. The Kier molecular flexibility index (Phi) is 4.30. The number of rotatable bonds is 5. The van der Waals surface area contributed by atoms with E-state index in [9.17, 15) is 4.79 Å². The van der Waals surface area contributed by atoms with Gasteiger partial charge in [-0.15, -0.1) is 0 Å². The molecule has 1 aromatic rings. The zero-order chi connectivity index (χ0) is 11.3. The van der Waals surface area contributed by atoms with Crippen molar-refractivity contribution in [3.05, 3.63) is 18.2 Å². The van der Waals surface area contributed by atoms with E-state index in [0.29, 0.717) is 13.0 Å². The molecule has 0 spiro atoms. The van der Waals surface area contributed by atoms with Gasteiger partial charge in [-0.25, -0.2) is 4.98 Å². The number of hydrogen-bond donors (Lipinski definition) is 1. The van der Waals surface area contributed by atoms with Gasteiger partial charge in [0, 0.05) is 39.5 Å². The third-order valence-corrected chi connectivity index (χ3v) is 2.27. The lowest BCUT2D eigenvalue weighted by molar-refractivity contribution is -0.128. The van der Waals surface area contributed by atoms with Crippen LogP contribution in [-0.2, 0) is 17.9 Å². The van der Waals surface area contributed by atoms with E-state index in [-0.39, 0.29) is 5.91 Å². The summed E-state index contributed by atoms with van der Waals surface area (Å²) in [5.74, 6) is 1.02. The SMILES string of the molecule is CN(C)C(=O)CCCn1ccnc1CN. The molecule has 0 aromatic carbocycles. The Hall–Kier alpha value is -1.36. The van der Waals surface area contributed by atoms with Crippen LogP contribution in [0.2, 0.25) is 0 Å². The number of aromatic nitrogens is 2. The molecule has 0 saturated carbocycles. The average Bonchev–Trinajstić information content (AvgIpc) is 2.65. The molecule has 1 aromatic heterocycles. The molecule has 0 saturated heterocycles. The minimum atomic E-state index is 0.157. The molecule has 2 N–H and O–H groups in total. The second-order valence-corrected chi connectivity index (χ2v) is 3.63. The van der Waals surface area contributed by atoms with Crippen molar-refractivity contribution in [2.75, 3.05) is 14.1 Å². The Morgan fingerprint density at radius 3 is 2.93 bits per heavy atom. The minimum absolute atomic E-state index is 0.157. The largest absolute Gasteiger partial charge is 0.349 e. The van der Waals surface area contributed by atoms with E-state index in [4.69, 9.17) is 5.73 Å². The molecule has 0 aliphatic heterocycles.